The van der Waals surface area contributed by atoms with Crippen molar-refractivity contribution in [2.75, 3.05) is 57.5 Å². The summed E-state index contributed by atoms with van der Waals surface area (Å²) in [6, 6.07) is 58.2. The third kappa shape index (κ3) is 20.8. The zero-order valence-corrected chi connectivity index (χ0v) is 65.0. The zero-order chi connectivity index (χ0) is 75.8. The molecule has 0 radical (unpaired) electrons. The van der Waals surface area contributed by atoms with Gasteiger partial charge in [-0.2, -0.15) is 26.3 Å². The maximum Gasteiger partial charge on any atom is 0.491 e. The molecule has 0 bridgehead atoms. The van der Waals surface area contributed by atoms with E-state index in [-0.39, 0.29) is 63.0 Å². The summed E-state index contributed by atoms with van der Waals surface area (Å²) in [4.78, 5) is 63.8. The van der Waals surface area contributed by atoms with E-state index >= 15 is 0 Å². The van der Waals surface area contributed by atoms with E-state index in [1.54, 1.807) is 30.3 Å². The van der Waals surface area contributed by atoms with Crippen molar-refractivity contribution in [1.29, 1.82) is 0 Å². The van der Waals surface area contributed by atoms with Gasteiger partial charge in [-0.1, -0.05) is 119 Å². The third-order valence-electron chi connectivity index (χ3n) is 18.9. The molecule has 5 saturated heterocycles. The van der Waals surface area contributed by atoms with E-state index in [4.69, 9.17) is 14.2 Å². The lowest BCUT2D eigenvalue weighted by atomic mass is 10.1. The van der Waals surface area contributed by atoms with E-state index in [0.29, 0.717) is 60.7 Å². The van der Waals surface area contributed by atoms with Crippen LogP contribution in [0.2, 0.25) is 0 Å². The lowest BCUT2D eigenvalue weighted by Gasteiger charge is -2.16. The Balaban J connectivity index is 0.000000133. The van der Waals surface area contributed by atoms with E-state index in [9.17, 15) is 50.3 Å². The van der Waals surface area contributed by atoms with Crippen molar-refractivity contribution in [3.05, 3.63) is 182 Å². The van der Waals surface area contributed by atoms with Gasteiger partial charge in [0, 0.05) is 115 Å². The number of hydrogen-bond acceptors (Lipinski definition) is 10. The van der Waals surface area contributed by atoms with Gasteiger partial charge < -0.3 is 23.7 Å². The Morgan fingerprint density at radius 3 is 0.654 bits per heavy atom. The van der Waals surface area contributed by atoms with Crippen molar-refractivity contribution < 1.29 is 74.0 Å². The molecule has 0 atom stereocenters. The second-order valence-electron chi connectivity index (χ2n) is 27.3. The molecule has 0 aliphatic carbocycles. The smallest absolute Gasteiger partial charge is 0.426 e. The molecule has 5 fully saturated rings. The topological polar surface area (TPSA) is 132 Å². The zero-order valence-electron chi connectivity index (χ0n) is 60.9. The van der Waals surface area contributed by atoms with E-state index in [2.05, 4.69) is 76.2 Å². The van der Waals surface area contributed by atoms with Gasteiger partial charge in [0.05, 0.1) is 11.8 Å². The number of carbonyl (C=O) groups excluding carboxylic acids is 5. The first-order valence-electron chi connectivity index (χ1n) is 36.7. The molecule has 10 aromatic carbocycles. The van der Waals surface area contributed by atoms with Crippen molar-refractivity contribution >= 4 is 138 Å². The molecular formula is C86H91F6O10S5+5. The minimum absolute atomic E-state index is 0.0349. The van der Waals surface area contributed by atoms with Crippen molar-refractivity contribution in [2.45, 2.75) is 148 Å². The van der Waals surface area contributed by atoms with E-state index in [1.807, 2.05) is 100 Å². The number of fused-ring (bicyclic) bond motifs is 5. The molecule has 10 nitrogen and oxygen atoms in total. The molecule has 5 aliphatic rings. The van der Waals surface area contributed by atoms with E-state index in [0.717, 1.165) is 59.7 Å². The molecule has 0 amide bonds. The van der Waals surface area contributed by atoms with Gasteiger partial charge in [0.15, 0.2) is 24.5 Å². The largest absolute Gasteiger partial charge is 0.491 e. The average Bonchev–Trinajstić information content (AvgIpc) is 1.68. The molecule has 0 aromatic heterocycles. The average molecular weight is 1560 g/mol. The number of hydrogen-bond donors (Lipinski definition) is 0. The van der Waals surface area contributed by atoms with E-state index in [1.165, 1.54) is 161 Å². The van der Waals surface area contributed by atoms with Crippen LogP contribution in [0, 0.1) is 11.8 Å². The Hall–Kier alpha value is -7.82. The minimum Gasteiger partial charge on any atom is -0.426 e. The van der Waals surface area contributed by atoms with Crippen molar-refractivity contribution in [3.8, 4) is 28.7 Å². The number of carbonyl (C=O) groups is 5. The fourth-order valence-electron chi connectivity index (χ4n) is 13.6. The lowest BCUT2D eigenvalue weighted by Crippen LogP contribution is -2.28. The minimum atomic E-state index is -5.00. The molecule has 0 spiro atoms. The fourth-order valence-corrected chi connectivity index (χ4v) is 26.1. The second-order valence-corrected chi connectivity index (χ2v) is 38.5. The molecule has 0 N–H and O–H groups in total. The number of esters is 5. The summed E-state index contributed by atoms with van der Waals surface area (Å²) in [6.07, 6.45) is 5.36. The number of rotatable bonds is 12. The lowest BCUT2D eigenvalue weighted by molar-refractivity contribution is -0.189. The molecule has 0 saturated carbocycles. The van der Waals surface area contributed by atoms with Crippen LogP contribution < -0.4 is 23.7 Å². The molecule has 0 unspecified atom stereocenters. The highest BCUT2D eigenvalue weighted by Crippen LogP contribution is 2.41. The highest BCUT2D eigenvalue weighted by atomic mass is 32.2. The van der Waals surface area contributed by atoms with Gasteiger partial charge in [0.25, 0.3) is 0 Å². The Bertz CT molecular complexity index is 4760. The summed E-state index contributed by atoms with van der Waals surface area (Å²) in [5.41, 5.74) is 0. The first-order chi connectivity index (χ1) is 51.5. The van der Waals surface area contributed by atoms with Crippen LogP contribution in [-0.4, -0.2) is 99.7 Å². The molecule has 15 rings (SSSR count). The maximum absolute atomic E-state index is 12.4. The van der Waals surface area contributed by atoms with Crippen molar-refractivity contribution in [3.63, 3.8) is 0 Å². The van der Waals surface area contributed by atoms with Gasteiger partial charge in [-0.3, -0.25) is 14.4 Å². The molecule has 562 valence electrons. The van der Waals surface area contributed by atoms with E-state index < -0.39 is 24.3 Å². The Labute approximate surface area is 636 Å². The van der Waals surface area contributed by atoms with Gasteiger partial charge in [-0.05, 0) is 168 Å². The molecule has 10 aromatic rings. The highest BCUT2D eigenvalue weighted by molar-refractivity contribution is 7.98. The van der Waals surface area contributed by atoms with Gasteiger partial charge in [0.2, 0.25) is 0 Å². The van der Waals surface area contributed by atoms with Gasteiger partial charge in [-0.15, -0.1) is 0 Å². The monoisotopic (exact) mass is 1560 g/mol. The number of alkyl halides is 6. The molecule has 21 heteroatoms. The molecule has 5 heterocycles. The number of halogens is 6. The Morgan fingerprint density at radius 1 is 0.271 bits per heavy atom. The molecular weight excluding hydrogens is 1470 g/mol. The first-order valence-corrected chi connectivity index (χ1v) is 44.5. The summed E-state index contributed by atoms with van der Waals surface area (Å²) in [7, 11) is 1.34. The van der Waals surface area contributed by atoms with Gasteiger partial charge >= 0.3 is 42.2 Å². The predicted octanol–water partition coefficient (Wildman–Crippen LogP) is 20.8. The highest BCUT2D eigenvalue weighted by Gasteiger charge is 2.43. The summed E-state index contributed by atoms with van der Waals surface area (Å²) in [5, 5.41) is 9.78. The van der Waals surface area contributed by atoms with Crippen LogP contribution in [-0.2, 0) is 78.4 Å². The van der Waals surface area contributed by atoms with Crippen LogP contribution in [0.1, 0.15) is 112 Å². The number of ether oxygens (including phenoxy) is 5. The quantitative estimate of drug-likeness (QED) is 0.0504. The predicted molar refractivity (Wildman–Crippen MR) is 428 cm³/mol. The summed E-state index contributed by atoms with van der Waals surface area (Å²) in [6.45, 7) is 8.89. The van der Waals surface area contributed by atoms with Crippen molar-refractivity contribution in [1.82, 2.24) is 0 Å². The van der Waals surface area contributed by atoms with Crippen molar-refractivity contribution in [2.24, 2.45) is 11.8 Å². The van der Waals surface area contributed by atoms with Gasteiger partial charge in [0.1, 0.15) is 86.3 Å². The summed E-state index contributed by atoms with van der Waals surface area (Å²) < 4.78 is 100. The maximum atomic E-state index is 12.4. The summed E-state index contributed by atoms with van der Waals surface area (Å²) in [5.74, 6) is 9.07. The SMILES string of the molecule is CC(=O)Oc1ccc([S+]2CCCC2)c2ccccc12.CC(C)C(=O)Oc1ccc([S+]2CCCC2)c2ccccc12.CC(C)C(=O)Oc1ccc([S+]2CCCCC2)c2ccccc12.O=C(Oc1ccc([S+]2CCCC2)c2ccccc12)C(F)(F)F.O=C(Oc1ccc([S+]2CCCCC2)c2ccccc12)C(F)(F)F. The normalized spacial score (nSPS) is 16.1. The Morgan fingerprint density at radius 2 is 0.458 bits per heavy atom. The van der Waals surface area contributed by atoms with Crippen LogP contribution in [0.25, 0.3) is 53.9 Å². The molecule has 107 heavy (non-hydrogen) atoms. The van der Waals surface area contributed by atoms with Gasteiger partial charge in [-0.25, -0.2) is 9.59 Å². The first kappa shape index (κ1) is 80.2. The van der Waals surface area contributed by atoms with Crippen LogP contribution in [0.3, 0.4) is 0 Å². The number of benzene rings is 10. The second kappa shape index (κ2) is 37.5. The summed E-state index contributed by atoms with van der Waals surface area (Å²) >= 11 is 0. The van der Waals surface area contributed by atoms with Crippen LogP contribution in [0.5, 0.6) is 28.7 Å². The Kier molecular flexibility index (Phi) is 28.1. The van der Waals surface area contributed by atoms with Crippen LogP contribution >= 0.6 is 0 Å². The van der Waals surface area contributed by atoms with Crippen LogP contribution in [0.4, 0.5) is 26.3 Å². The van der Waals surface area contributed by atoms with Crippen LogP contribution in [0.15, 0.2) is 206 Å². The third-order valence-corrected chi connectivity index (χ3v) is 31.6. The fraction of sp³-hybridized carbons (Fsp3) is 0.360. The standard InChI is InChI=1S/C19H23O2S.C18H21O2S.C17H16F3O2S.C16H14F3O2S.C16H17O2S/c1-14(2)19(20)21-17-10-11-18(22-12-6-3-7-13-22)16-9-5-4-8-15(16)17;1-13(2)18(19)20-16-9-10-17(21-11-5-6-12-21)15-8-4-3-7-14(15)16;18-17(19,20)16(21)22-14-8-9-15(23-10-4-1-5-11-23)13-7-3-2-6-12(13)14;17-16(18,19)15(20)21-13-7-8-14(22-9-3-4-10-22)12-6-2-1-5-11(12)13;1-12(17)18-15-8-9-16(19-10-4-5-11-19)14-7-3-2-6-13(14)15/h4-5,8-11,14H,3,6-7,12-13H2,1-2H3;3-4,7-10,13H,5-6,11-12H2,1-2H3;2-3,6-9H,1,4-5,10-11H2;1-2,5-8H,3-4,9-10H2;2-3,6-9H,4-5,10-11H2,1H3/q5*+1. The molecule has 5 aliphatic heterocycles.